The fourth-order valence-electron chi connectivity index (χ4n) is 2.87. The van der Waals surface area contributed by atoms with Gasteiger partial charge in [-0.1, -0.05) is 13.0 Å². The Labute approximate surface area is 198 Å². The molecule has 0 aliphatic carbocycles. The van der Waals surface area contributed by atoms with E-state index in [2.05, 4.69) is 27.4 Å². The van der Waals surface area contributed by atoms with Crippen LogP contribution in [0.15, 0.2) is 48.7 Å². The number of nitrogens with zero attached hydrogens (tertiary/aromatic N) is 2. The average Bonchev–Trinajstić information content (AvgIpc) is 3.22. The summed E-state index contributed by atoms with van der Waals surface area (Å²) in [6.07, 6.45) is 0.618. The summed E-state index contributed by atoms with van der Waals surface area (Å²) < 4.78 is 49.4. The summed E-state index contributed by atoms with van der Waals surface area (Å²) >= 11 is 0.611. The van der Waals surface area contributed by atoms with E-state index in [1.165, 1.54) is 18.3 Å². The molecule has 176 valence electrons. The summed E-state index contributed by atoms with van der Waals surface area (Å²) in [7, 11) is 0. The van der Waals surface area contributed by atoms with Crippen LogP contribution in [0.1, 0.15) is 25.1 Å². The third kappa shape index (κ3) is 6.21. The molecule has 0 saturated carbocycles. The number of rotatable bonds is 4. The van der Waals surface area contributed by atoms with Gasteiger partial charge in [-0.3, -0.25) is 5.10 Å². The van der Waals surface area contributed by atoms with Crippen LogP contribution in [0.2, 0.25) is 0 Å². The molecule has 4 rings (SSSR count). The molecule has 0 amide bonds. The third-order valence-electron chi connectivity index (χ3n) is 4.25. The van der Waals surface area contributed by atoms with Crippen molar-refractivity contribution in [2.75, 3.05) is 5.32 Å². The van der Waals surface area contributed by atoms with Crippen molar-refractivity contribution in [3.63, 3.8) is 0 Å². The van der Waals surface area contributed by atoms with Crippen LogP contribution in [0.3, 0.4) is 0 Å². The van der Waals surface area contributed by atoms with Crippen LogP contribution in [0.25, 0.3) is 28.0 Å². The summed E-state index contributed by atoms with van der Waals surface area (Å²) in [5.41, 5.74) is 8.14. The molecule has 0 bridgehead atoms. The molecule has 4 aromatic rings. The van der Waals surface area contributed by atoms with Crippen molar-refractivity contribution in [3.05, 3.63) is 84.3 Å². The van der Waals surface area contributed by atoms with Gasteiger partial charge in [0.15, 0.2) is 11.9 Å². The maximum atomic E-state index is 14.0. The second-order valence-corrected chi connectivity index (χ2v) is 6.57. The number of fused-ring (bicyclic) bond motifs is 1. The quantitative estimate of drug-likeness (QED) is 0.190. The Kier molecular flexibility index (Phi) is 9.64. The number of H-pyrrole nitrogens is 1. The van der Waals surface area contributed by atoms with Gasteiger partial charge in [-0.05, 0) is 36.4 Å². The predicted octanol–water partition coefficient (Wildman–Crippen LogP) is 5.94. The SMILES string of the molecule is [CH2-]CC.[NH-]c1ccc(F)c(C(O)Nc2cnc3n[nH]c(-c4ccc(F)cc4)c3c2)c1F.[O]=[Os]. The number of anilines is 1. The zero-order valence-corrected chi connectivity index (χ0v) is 19.9. The molecule has 7 nitrogen and oxygen atoms in total. The molecule has 0 radical (unpaired) electrons. The van der Waals surface area contributed by atoms with E-state index in [-0.39, 0.29) is 11.5 Å². The molecule has 0 aliphatic heterocycles. The summed E-state index contributed by atoms with van der Waals surface area (Å²) in [6.45, 7) is 5.50. The first-order valence-corrected chi connectivity index (χ1v) is 10.6. The molecule has 1 atom stereocenters. The van der Waals surface area contributed by atoms with E-state index in [0.29, 0.717) is 40.8 Å². The number of aromatic amines is 1. The molecule has 0 saturated heterocycles. The van der Waals surface area contributed by atoms with E-state index in [1.54, 1.807) is 18.2 Å². The Hall–Kier alpha value is -3.15. The Morgan fingerprint density at radius 1 is 1.18 bits per heavy atom. The summed E-state index contributed by atoms with van der Waals surface area (Å²) in [5, 5.41) is 20.3. The zero-order valence-electron chi connectivity index (χ0n) is 17.3. The van der Waals surface area contributed by atoms with E-state index in [1.807, 2.05) is 6.92 Å². The van der Waals surface area contributed by atoms with Crippen LogP contribution in [-0.4, -0.2) is 20.3 Å². The second-order valence-electron chi connectivity index (χ2n) is 6.57. The summed E-state index contributed by atoms with van der Waals surface area (Å²) in [5.74, 6) is -2.50. The Morgan fingerprint density at radius 2 is 1.82 bits per heavy atom. The van der Waals surface area contributed by atoms with Crippen molar-refractivity contribution in [1.82, 2.24) is 15.2 Å². The van der Waals surface area contributed by atoms with E-state index in [0.717, 1.165) is 18.6 Å². The van der Waals surface area contributed by atoms with E-state index >= 15 is 0 Å². The number of benzene rings is 2. The van der Waals surface area contributed by atoms with Gasteiger partial charge in [-0.25, -0.2) is 18.2 Å². The fraction of sp³-hybridized carbons (Fsp3) is 0.136. The van der Waals surface area contributed by atoms with Gasteiger partial charge in [-0.15, -0.1) is 5.69 Å². The molecule has 0 aliphatic rings. The molecule has 4 N–H and O–H groups in total. The molecule has 0 fully saturated rings. The topological polar surface area (TPSA) is 115 Å². The van der Waals surface area contributed by atoms with E-state index in [9.17, 15) is 18.3 Å². The molecule has 2 aromatic heterocycles. The van der Waals surface area contributed by atoms with Crippen molar-refractivity contribution in [2.45, 2.75) is 19.6 Å². The van der Waals surface area contributed by atoms with Crippen LogP contribution in [-0.2, 0) is 22.1 Å². The Bertz CT molecular complexity index is 1200. The molecule has 0 spiro atoms. The average molecular weight is 634 g/mol. The van der Waals surface area contributed by atoms with Crippen molar-refractivity contribution in [1.29, 1.82) is 0 Å². The van der Waals surface area contributed by atoms with Gasteiger partial charge in [0.25, 0.3) is 0 Å². The minimum atomic E-state index is -1.73. The first-order chi connectivity index (χ1) is 15.8. The van der Waals surface area contributed by atoms with Gasteiger partial charge in [0.1, 0.15) is 17.5 Å². The molecular formula is C22H20F3N5O2Os-2. The minimum absolute atomic E-state index is 0.277. The number of aliphatic hydroxyl groups is 1. The summed E-state index contributed by atoms with van der Waals surface area (Å²) in [4.78, 5) is 4.14. The molecular weight excluding hydrogens is 613 g/mol. The first-order valence-electron chi connectivity index (χ1n) is 9.53. The van der Waals surface area contributed by atoms with E-state index in [4.69, 9.17) is 9.27 Å². The standard InChI is InChI=1S/C19H13F3N5O.C3H7.O.Os/c20-10-3-1-9(2-4-10)17-12-7-11(8-24-18(12)27-26-17)25-19(28)15-13(21)5-6-14(23)16(15)22;1-3-2;;/h1-8,19,23,25,28H,(H,24,26,27);1,3H2,2H3;;/q2*-1;;. The number of hydrogen-bond donors (Lipinski definition) is 3. The number of pyridine rings is 1. The third-order valence-corrected chi connectivity index (χ3v) is 4.25. The van der Waals surface area contributed by atoms with Gasteiger partial charge in [-0.2, -0.15) is 11.5 Å². The van der Waals surface area contributed by atoms with E-state index < -0.39 is 29.1 Å². The van der Waals surface area contributed by atoms with Crippen molar-refractivity contribution in [3.8, 4) is 11.3 Å². The monoisotopic (exact) mass is 635 g/mol. The normalized spacial score (nSPS) is 11.1. The van der Waals surface area contributed by atoms with Gasteiger partial charge >= 0.3 is 22.1 Å². The van der Waals surface area contributed by atoms with Crippen LogP contribution in [0, 0.1) is 24.4 Å². The predicted molar refractivity (Wildman–Crippen MR) is 115 cm³/mol. The first kappa shape index (κ1) is 26.1. The maximum absolute atomic E-state index is 14.0. The van der Waals surface area contributed by atoms with Gasteiger partial charge in [0.05, 0.1) is 23.1 Å². The fourth-order valence-corrected chi connectivity index (χ4v) is 2.87. The van der Waals surface area contributed by atoms with Crippen LogP contribution in [0.4, 0.5) is 24.5 Å². The number of aromatic nitrogens is 3. The molecule has 1 unspecified atom stereocenters. The van der Waals surface area contributed by atoms with Crippen molar-refractivity contribution < 1.29 is 40.4 Å². The molecule has 11 heteroatoms. The zero-order chi connectivity index (χ0) is 24.5. The number of nitrogens with one attached hydrogen (secondary N) is 3. The Balaban J connectivity index is 0.000000714. The number of halogens is 3. The summed E-state index contributed by atoms with van der Waals surface area (Å²) in [6, 6.07) is 9.23. The second kappa shape index (κ2) is 12.2. The molecule has 2 aromatic carbocycles. The van der Waals surface area contributed by atoms with Crippen molar-refractivity contribution >= 4 is 22.4 Å². The van der Waals surface area contributed by atoms with Crippen molar-refractivity contribution in [2.24, 2.45) is 0 Å². The molecule has 2 heterocycles. The van der Waals surface area contributed by atoms with Gasteiger partial charge < -0.3 is 23.1 Å². The van der Waals surface area contributed by atoms with Crippen LogP contribution in [0.5, 0.6) is 0 Å². The Morgan fingerprint density at radius 3 is 2.45 bits per heavy atom. The number of hydrogen-bond acceptors (Lipinski definition) is 5. The molecule has 33 heavy (non-hydrogen) atoms. The number of aliphatic hydroxyl groups excluding tert-OH is 1. The van der Waals surface area contributed by atoms with Crippen LogP contribution < -0.4 is 5.32 Å². The van der Waals surface area contributed by atoms with Gasteiger partial charge in [0.2, 0.25) is 0 Å². The van der Waals surface area contributed by atoms with Gasteiger partial charge in [0, 0.05) is 10.9 Å². The van der Waals surface area contributed by atoms with Crippen LogP contribution >= 0.6 is 0 Å².